The van der Waals surface area contributed by atoms with Crippen LogP contribution in [0.2, 0.25) is 0 Å². The fourth-order valence-electron chi connectivity index (χ4n) is 4.34. The molecule has 0 saturated carbocycles. The number of nitrogens with zero attached hydrogens (tertiary/aromatic N) is 1. The molecular weight excluding hydrogens is 438 g/mol. The first-order chi connectivity index (χ1) is 13.9. The Hall–Kier alpha value is -2.12. The number of carbonyl (C=O) groups excluding carboxylic acids is 2. The standard InChI is InChI=1S/C22H26BrNO5/c1-3-22(11-9-18(25)28-2)13-17(23)19(26)16-10-12-24(20(16)22)21(27)29-14-15-7-5-4-6-8-15/h4-9,11,13,16,19-20,26H,3,10,12,14H2,1-2H3/b11-9+/t16-,19+,20-,22+/m1/s1. The van der Waals surface area contributed by atoms with Gasteiger partial charge in [0.15, 0.2) is 0 Å². The number of aliphatic hydroxyl groups is 1. The largest absolute Gasteiger partial charge is 0.466 e. The lowest BCUT2D eigenvalue weighted by Crippen LogP contribution is -2.53. The molecule has 1 aliphatic carbocycles. The van der Waals surface area contributed by atoms with Crippen molar-refractivity contribution in [3.05, 3.63) is 58.6 Å². The van der Waals surface area contributed by atoms with Crippen molar-refractivity contribution in [3.63, 3.8) is 0 Å². The summed E-state index contributed by atoms with van der Waals surface area (Å²) in [6.07, 6.45) is 5.27. The van der Waals surface area contributed by atoms with Crippen LogP contribution in [0.25, 0.3) is 0 Å². The number of methoxy groups -OCH3 is 1. The van der Waals surface area contributed by atoms with Gasteiger partial charge in [0, 0.05) is 28.4 Å². The molecule has 1 N–H and O–H groups in total. The second-order valence-corrected chi connectivity index (χ2v) is 8.34. The lowest BCUT2D eigenvalue weighted by molar-refractivity contribution is -0.134. The molecule has 0 unspecified atom stereocenters. The third-order valence-corrected chi connectivity index (χ3v) is 6.57. The van der Waals surface area contributed by atoms with E-state index < -0.39 is 23.6 Å². The van der Waals surface area contributed by atoms with Crippen molar-refractivity contribution in [2.75, 3.05) is 13.7 Å². The number of rotatable bonds is 5. The maximum Gasteiger partial charge on any atom is 0.410 e. The van der Waals surface area contributed by atoms with Crippen molar-refractivity contribution < 1.29 is 24.2 Å². The Morgan fingerprint density at radius 3 is 2.72 bits per heavy atom. The van der Waals surface area contributed by atoms with Crippen LogP contribution in [0.15, 0.2) is 53.0 Å². The van der Waals surface area contributed by atoms with Gasteiger partial charge in [0.05, 0.1) is 19.3 Å². The Kier molecular flexibility index (Phi) is 6.80. The average Bonchev–Trinajstić information content (AvgIpc) is 3.20. The molecule has 3 rings (SSSR count). The molecule has 4 atom stereocenters. The van der Waals surface area contributed by atoms with Gasteiger partial charge in [0.2, 0.25) is 0 Å². The van der Waals surface area contributed by atoms with E-state index in [4.69, 9.17) is 9.47 Å². The number of ether oxygens (including phenoxy) is 2. The number of esters is 1. The van der Waals surface area contributed by atoms with Gasteiger partial charge in [0.25, 0.3) is 0 Å². The molecule has 6 nitrogen and oxygen atoms in total. The van der Waals surface area contributed by atoms with E-state index in [-0.39, 0.29) is 18.6 Å². The van der Waals surface area contributed by atoms with E-state index in [9.17, 15) is 14.7 Å². The molecule has 156 valence electrons. The van der Waals surface area contributed by atoms with Crippen molar-refractivity contribution >= 4 is 28.0 Å². The second kappa shape index (κ2) is 9.13. The minimum absolute atomic E-state index is 0.152. The molecule has 2 aliphatic rings. The summed E-state index contributed by atoms with van der Waals surface area (Å²) in [4.78, 5) is 26.4. The van der Waals surface area contributed by atoms with Crippen LogP contribution >= 0.6 is 15.9 Å². The normalized spacial score (nSPS) is 28.8. The molecule has 1 heterocycles. The summed E-state index contributed by atoms with van der Waals surface area (Å²) in [5.41, 5.74) is 0.300. The number of halogens is 1. The van der Waals surface area contributed by atoms with Crippen LogP contribution in [0.5, 0.6) is 0 Å². The highest BCUT2D eigenvalue weighted by molar-refractivity contribution is 9.11. The van der Waals surface area contributed by atoms with Gasteiger partial charge in [-0.3, -0.25) is 0 Å². The predicted molar refractivity (Wildman–Crippen MR) is 112 cm³/mol. The number of benzene rings is 1. The van der Waals surface area contributed by atoms with Crippen LogP contribution in [-0.4, -0.2) is 47.9 Å². The summed E-state index contributed by atoms with van der Waals surface area (Å²) in [7, 11) is 1.33. The second-order valence-electron chi connectivity index (χ2n) is 7.43. The highest BCUT2D eigenvalue weighted by Gasteiger charge is 2.53. The summed E-state index contributed by atoms with van der Waals surface area (Å²) in [5, 5.41) is 10.7. The first-order valence-corrected chi connectivity index (χ1v) is 10.5. The van der Waals surface area contributed by atoms with Crippen LogP contribution in [0.4, 0.5) is 4.79 Å². The molecule has 0 spiro atoms. The van der Waals surface area contributed by atoms with Crippen molar-refractivity contribution in [1.29, 1.82) is 0 Å². The number of hydrogen-bond donors (Lipinski definition) is 1. The number of fused-ring (bicyclic) bond motifs is 1. The van der Waals surface area contributed by atoms with Crippen molar-refractivity contribution in [3.8, 4) is 0 Å². The first-order valence-electron chi connectivity index (χ1n) is 9.72. The van der Waals surface area contributed by atoms with Gasteiger partial charge >= 0.3 is 12.1 Å². The molecule has 0 bridgehead atoms. The van der Waals surface area contributed by atoms with Gasteiger partial charge in [-0.05, 0) is 18.4 Å². The predicted octanol–water partition coefficient (Wildman–Crippen LogP) is 3.79. The molecule has 29 heavy (non-hydrogen) atoms. The monoisotopic (exact) mass is 463 g/mol. The van der Waals surface area contributed by atoms with E-state index in [1.807, 2.05) is 43.3 Å². The molecule has 1 fully saturated rings. The zero-order chi connectivity index (χ0) is 21.0. The molecule has 1 saturated heterocycles. The quantitative estimate of drug-likeness (QED) is 0.530. The number of likely N-dealkylation sites (tertiary alicyclic amines) is 1. The third kappa shape index (κ3) is 4.41. The number of aliphatic hydroxyl groups excluding tert-OH is 1. The van der Waals surface area contributed by atoms with Gasteiger partial charge in [-0.1, -0.05) is 65.3 Å². The van der Waals surface area contributed by atoms with E-state index in [1.54, 1.807) is 11.0 Å². The molecule has 1 aromatic carbocycles. The van der Waals surface area contributed by atoms with Crippen molar-refractivity contribution in [2.45, 2.75) is 38.5 Å². The van der Waals surface area contributed by atoms with E-state index in [0.29, 0.717) is 23.9 Å². The van der Waals surface area contributed by atoms with Crippen LogP contribution in [0.1, 0.15) is 25.3 Å². The van der Waals surface area contributed by atoms with Crippen LogP contribution in [-0.2, 0) is 20.9 Å². The van der Waals surface area contributed by atoms with E-state index in [0.717, 1.165) is 5.56 Å². The van der Waals surface area contributed by atoms with E-state index in [1.165, 1.54) is 13.2 Å². The molecular formula is C22H26BrNO5. The fraction of sp³-hybridized carbons (Fsp3) is 0.455. The lowest BCUT2D eigenvalue weighted by atomic mass is 9.67. The summed E-state index contributed by atoms with van der Waals surface area (Å²) in [6, 6.07) is 9.20. The van der Waals surface area contributed by atoms with Crippen LogP contribution < -0.4 is 0 Å². The maximum absolute atomic E-state index is 12.9. The molecule has 1 aliphatic heterocycles. The first kappa shape index (κ1) is 21.6. The van der Waals surface area contributed by atoms with Gasteiger partial charge in [-0.25, -0.2) is 9.59 Å². The van der Waals surface area contributed by atoms with Gasteiger partial charge in [-0.15, -0.1) is 0 Å². The van der Waals surface area contributed by atoms with Crippen LogP contribution in [0.3, 0.4) is 0 Å². The molecule has 1 aromatic rings. The third-order valence-electron chi connectivity index (χ3n) is 5.87. The highest BCUT2D eigenvalue weighted by Crippen LogP contribution is 2.50. The Bertz CT molecular complexity index is 809. The Morgan fingerprint density at radius 1 is 1.34 bits per heavy atom. The van der Waals surface area contributed by atoms with Crippen molar-refractivity contribution in [1.82, 2.24) is 4.90 Å². The minimum atomic E-state index is -0.696. The number of hydrogen-bond acceptors (Lipinski definition) is 5. The van der Waals surface area contributed by atoms with Gasteiger partial charge < -0.3 is 19.5 Å². The minimum Gasteiger partial charge on any atom is -0.466 e. The Morgan fingerprint density at radius 2 is 2.07 bits per heavy atom. The summed E-state index contributed by atoms with van der Waals surface area (Å²) in [5.74, 6) is -0.609. The van der Waals surface area contributed by atoms with Gasteiger partial charge in [-0.2, -0.15) is 0 Å². The Balaban J connectivity index is 1.87. The number of amides is 1. The van der Waals surface area contributed by atoms with E-state index >= 15 is 0 Å². The summed E-state index contributed by atoms with van der Waals surface area (Å²) < 4.78 is 11.0. The molecule has 1 amide bonds. The lowest BCUT2D eigenvalue weighted by Gasteiger charge is -2.45. The summed E-state index contributed by atoms with van der Waals surface area (Å²) in [6.45, 7) is 2.67. The zero-order valence-electron chi connectivity index (χ0n) is 16.6. The Labute approximate surface area is 179 Å². The maximum atomic E-state index is 12.9. The van der Waals surface area contributed by atoms with E-state index in [2.05, 4.69) is 15.9 Å². The smallest absolute Gasteiger partial charge is 0.410 e. The highest BCUT2D eigenvalue weighted by atomic mass is 79.9. The molecule has 0 aromatic heterocycles. The summed E-state index contributed by atoms with van der Waals surface area (Å²) >= 11 is 3.48. The van der Waals surface area contributed by atoms with Crippen molar-refractivity contribution in [2.24, 2.45) is 11.3 Å². The molecule has 0 radical (unpaired) electrons. The topological polar surface area (TPSA) is 76.1 Å². The number of carbonyl (C=O) groups is 2. The van der Waals surface area contributed by atoms with Crippen LogP contribution in [0, 0.1) is 11.3 Å². The average molecular weight is 464 g/mol. The fourth-order valence-corrected chi connectivity index (χ4v) is 5.11. The molecule has 7 heteroatoms. The van der Waals surface area contributed by atoms with Gasteiger partial charge in [0.1, 0.15) is 6.61 Å². The zero-order valence-corrected chi connectivity index (χ0v) is 18.2. The SMILES string of the molecule is CC[C@]1(/C=C/C(=O)OC)C=C(Br)[C@@H](O)[C@H]2CCN(C(=O)OCc3ccccc3)[C@H]21.